The molecule has 186 valence electrons. The van der Waals surface area contributed by atoms with Crippen molar-refractivity contribution in [2.45, 2.75) is 38.0 Å². The maximum atomic E-state index is 6.02. The fourth-order valence-electron chi connectivity index (χ4n) is 4.46. The van der Waals surface area contributed by atoms with Gasteiger partial charge in [-0.15, -0.1) is 0 Å². The van der Waals surface area contributed by atoms with Crippen molar-refractivity contribution in [2.75, 3.05) is 0 Å². The monoisotopic (exact) mass is 486 g/mol. The standard InChI is InChI=1S/C28H30N4O4/c29-13-19-5-9-23(33-19)27(24-10-6-20(14-30)34-24)17-1-2-18(4-3-17)28(25-11-7-21(15-31)35-25)26-12-8-22(16-32)36-26/h1-12,27-28H,13-16,29-32H2. The Morgan fingerprint density at radius 3 is 0.833 bits per heavy atom. The van der Waals surface area contributed by atoms with Gasteiger partial charge in [-0.1, -0.05) is 24.3 Å². The molecular formula is C28H30N4O4. The number of rotatable bonds is 10. The highest BCUT2D eigenvalue weighted by Gasteiger charge is 2.27. The Balaban J connectivity index is 1.55. The molecule has 4 heterocycles. The molecule has 0 amide bonds. The Labute approximate surface area is 208 Å². The summed E-state index contributed by atoms with van der Waals surface area (Å²) in [6, 6.07) is 23.5. The van der Waals surface area contributed by atoms with Crippen LogP contribution < -0.4 is 22.9 Å². The zero-order valence-corrected chi connectivity index (χ0v) is 19.9. The minimum atomic E-state index is -0.252. The fourth-order valence-corrected chi connectivity index (χ4v) is 4.46. The summed E-state index contributed by atoms with van der Waals surface area (Å²) in [5.74, 6) is 5.31. The van der Waals surface area contributed by atoms with Crippen molar-refractivity contribution in [1.82, 2.24) is 0 Å². The summed E-state index contributed by atoms with van der Waals surface area (Å²) in [5.41, 5.74) is 25.1. The van der Waals surface area contributed by atoms with Crippen LogP contribution in [-0.4, -0.2) is 0 Å². The van der Waals surface area contributed by atoms with Crippen molar-refractivity contribution in [3.8, 4) is 0 Å². The fraction of sp³-hybridized carbons (Fsp3) is 0.214. The molecule has 0 aliphatic carbocycles. The van der Waals surface area contributed by atoms with Crippen LogP contribution in [0.5, 0.6) is 0 Å². The van der Waals surface area contributed by atoms with Crippen LogP contribution in [0, 0.1) is 0 Å². The molecule has 0 saturated carbocycles. The number of hydrogen-bond acceptors (Lipinski definition) is 8. The van der Waals surface area contributed by atoms with Gasteiger partial charge in [-0.3, -0.25) is 0 Å². The van der Waals surface area contributed by atoms with Gasteiger partial charge in [0.2, 0.25) is 0 Å². The van der Waals surface area contributed by atoms with E-state index in [-0.39, 0.29) is 11.8 Å². The number of nitrogens with two attached hydrogens (primary N) is 4. The molecule has 0 aliphatic rings. The van der Waals surface area contributed by atoms with Crippen LogP contribution in [0.4, 0.5) is 0 Å². The normalized spacial score (nSPS) is 11.7. The van der Waals surface area contributed by atoms with Crippen molar-refractivity contribution in [1.29, 1.82) is 0 Å². The molecule has 0 saturated heterocycles. The summed E-state index contributed by atoms with van der Waals surface area (Å²) >= 11 is 0. The van der Waals surface area contributed by atoms with Gasteiger partial charge in [-0.25, -0.2) is 0 Å². The minimum absolute atomic E-state index is 0.252. The lowest BCUT2D eigenvalue weighted by Gasteiger charge is -2.17. The summed E-state index contributed by atoms with van der Waals surface area (Å²) in [6.45, 7) is 1.28. The Kier molecular flexibility index (Phi) is 6.92. The lowest BCUT2D eigenvalue weighted by Crippen LogP contribution is -2.05. The molecule has 0 aliphatic heterocycles. The van der Waals surface area contributed by atoms with E-state index in [9.17, 15) is 0 Å². The molecule has 1 aromatic carbocycles. The predicted octanol–water partition coefficient (Wildman–Crippen LogP) is 4.25. The highest BCUT2D eigenvalue weighted by molar-refractivity contribution is 5.42. The Bertz CT molecular complexity index is 1220. The van der Waals surface area contributed by atoms with Gasteiger partial charge in [-0.2, -0.15) is 0 Å². The summed E-state index contributed by atoms with van der Waals surface area (Å²) in [6.07, 6.45) is 0. The molecule has 5 rings (SSSR count). The zero-order chi connectivity index (χ0) is 25.1. The first-order valence-electron chi connectivity index (χ1n) is 11.9. The summed E-state index contributed by atoms with van der Waals surface area (Å²) in [4.78, 5) is 0. The van der Waals surface area contributed by atoms with Crippen LogP contribution in [0.3, 0.4) is 0 Å². The Morgan fingerprint density at radius 2 is 0.639 bits per heavy atom. The zero-order valence-electron chi connectivity index (χ0n) is 19.9. The quantitative estimate of drug-likeness (QED) is 0.228. The number of benzene rings is 1. The van der Waals surface area contributed by atoms with Gasteiger partial charge < -0.3 is 40.6 Å². The maximum absolute atomic E-state index is 6.02. The van der Waals surface area contributed by atoms with Gasteiger partial charge in [0.25, 0.3) is 0 Å². The van der Waals surface area contributed by atoms with Crippen LogP contribution in [0.2, 0.25) is 0 Å². The maximum Gasteiger partial charge on any atom is 0.119 e. The first-order valence-corrected chi connectivity index (χ1v) is 11.9. The third-order valence-electron chi connectivity index (χ3n) is 6.28. The van der Waals surface area contributed by atoms with Crippen molar-refractivity contribution in [3.05, 3.63) is 130 Å². The van der Waals surface area contributed by atoms with Crippen molar-refractivity contribution in [3.63, 3.8) is 0 Å². The van der Waals surface area contributed by atoms with Gasteiger partial charge in [0.05, 0.1) is 26.2 Å². The average molecular weight is 487 g/mol. The summed E-state index contributed by atoms with van der Waals surface area (Å²) < 4.78 is 24.1. The molecule has 8 heteroatoms. The minimum Gasteiger partial charge on any atom is -0.464 e. The van der Waals surface area contributed by atoms with E-state index in [1.807, 2.05) is 48.5 Å². The Hall–Kier alpha value is -3.82. The van der Waals surface area contributed by atoms with E-state index in [0.29, 0.717) is 49.2 Å². The third kappa shape index (κ3) is 4.67. The third-order valence-corrected chi connectivity index (χ3v) is 6.28. The average Bonchev–Trinajstić information content (AvgIpc) is 3.73. The van der Waals surface area contributed by atoms with Crippen LogP contribution in [0.25, 0.3) is 0 Å². The molecule has 0 unspecified atom stereocenters. The molecule has 36 heavy (non-hydrogen) atoms. The van der Waals surface area contributed by atoms with Crippen LogP contribution in [-0.2, 0) is 26.2 Å². The van der Waals surface area contributed by atoms with Crippen molar-refractivity contribution < 1.29 is 17.7 Å². The molecule has 0 spiro atoms. The highest BCUT2D eigenvalue weighted by atomic mass is 16.4. The molecule has 8 N–H and O–H groups in total. The van der Waals surface area contributed by atoms with E-state index in [1.165, 1.54) is 0 Å². The number of furan rings is 4. The molecule has 0 bridgehead atoms. The van der Waals surface area contributed by atoms with Gasteiger partial charge in [0.1, 0.15) is 57.9 Å². The second-order valence-corrected chi connectivity index (χ2v) is 8.57. The lowest BCUT2D eigenvalue weighted by molar-refractivity contribution is 0.413. The topological polar surface area (TPSA) is 157 Å². The van der Waals surface area contributed by atoms with Crippen LogP contribution in [0.1, 0.15) is 69.0 Å². The van der Waals surface area contributed by atoms with Crippen molar-refractivity contribution >= 4 is 0 Å². The van der Waals surface area contributed by atoms with E-state index in [1.54, 1.807) is 0 Å². The molecule has 0 fully saturated rings. The first-order chi connectivity index (χ1) is 17.6. The molecule has 8 nitrogen and oxygen atoms in total. The van der Waals surface area contributed by atoms with E-state index < -0.39 is 0 Å². The smallest absolute Gasteiger partial charge is 0.119 e. The summed E-state index contributed by atoms with van der Waals surface area (Å²) in [7, 11) is 0. The van der Waals surface area contributed by atoms with Crippen LogP contribution in [0.15, 0.2) is 90.5 Å². The SMILES string of the molecule is NCc1ccc(C(c2ccc(C(c3ccc(CN)o3)c3ccc(CN)o3)cc2)c2ccc(CN)o2)o1. The lowest BCUT2D eigenvalue weighted by atomic mass is 9.89. The molecule has 0 radical (unpaired) electrons. The summed E-state index contributed by atoms with van der Waals surface area (Å²) in [5, 5.41) is 0. The highest BCUT2D eigenvalue weighted by Crippen LogP contribution is 2.38. The molecular weight excluding hydrogens is 456 g/mol. The predicted molar refractivity (Wildman–Crippen MR) is 135 cm³/mol. The first kappa shape index (κ1) is 23.9. The second-order valence-electron chi connectivity index (χ2n) is 8.57. The molecule has 4 aromatic heterocycles. The van der Waals surface area contributed by atoms with E-state index in [4.69, 9.17) is 40.6 Å². The van der Waals surface area contributed by atoms with E-state index in [2.05, 4.69) is 24.3 Å². The van der Waals surface area contributed by atoms with Gasteiger partial charge in [0, 0.05) is 0 Å². The van der Waals surface area contributed by atoms with E-state index in [0.717, 1.165) is 34.2 Å². The van der Waals surface area contributed by atoms with E-state index >= 15 is 0 Å². The largest absolute Gasteiger partial charge is 0.464 e. The van der Waals surface area contributed by atoms with Crippen LogP contribution >= 0.6 is 0 Å². The molecule has 0 atom stereocenters. The number of hydrogen-bond donors (Lipinski definition) is 4. The van der Waals surface area contributed by atoms with Gasteiger partial charge >= 0.3 is 0 Å². The van der Waals surface area contributed by atoms with Gasteiger partial charge in [-0.05, 0) is 59.7 Å². The molecule has 5 aromatic rings. The van der Waals surface area contributed by atoms with Gasteiger partial charge in [0.15, 0.2) is 0 Å². The van der Waals surface area contributed by atoms with Crippen molar-refractivity contribution in [2.24, 2.45) is 22.9 Å². The second kappa shape index (κ2) is 10.4. The Morgan fingerprint density at radius 1 is 0.389 bits per heavy atom.